The van der Waals surface area contributed by atoms with Gasteiger partial charge >= 0.3 is 5.97 Å². The molecule has 6 aliphatic carbocycles. The van der Waals surface area contributed by atoms with E-state index < -0.39 is 46.8 Å². The van der Waals surface area contributed by atoms with Gasteiger partial charge in [0.05, 0.1) is 45.5 Å². The van der Waals surface area contributed by atoms with Crippen molar-refractivity contribution in [1.82, 2.24) is 15.4 Å². The zero-order chi connectivity index (χ0) is 58.2. The molecule has 448 valence electrons. The minimum absolute atomic E-state index is 0. The first-order chi connectivity index (χ1) is 35.9. The van der Waals surface area contributed by atoms with Crippen LogP contribution in [-0.2, 0) is 45.9 Å². The molecule has 3 aliphatic heterocycles. The van der Waals surface area contributed by atoms with Crippen LogP contribution >= 0.6 is 45.2 Å². The average Bonchev–Trinajstić information content (AvgIpc) is 4.07. The van der Waals surface area contributed by atoms with Gasteiger partial charge in [0.2, 0.25) is 5.91 Å². The number of fused-ring (bicyclic) bond motifs is 5. The molecule has 11 rings (SSSR count). The number of esters is 1. The van der Waals surface area contributed by atoms with Crippen LogP contribution in [0.15, 0.2) is 36.4 Å². The Morgan fingerprint density at radius 3 is 1.67 bits per heavy atom. The number of hydrogen-bond acceptors (Lipinski definition) is 13. The van der Waals surface area contributed by atoms with E-state index in [-0.39, 0.29) is 71.6 Å². The maximum atomic E-state index is 14.1. The number of benzene rings is 2. The minimum Gasteiger partial charge on any atom is -0.507 e. The Labute approximate surface area is 504 Å². The summed E-state index contributed by atoms with van der Waals surface area (Å²) in [4.78, 5) is 39.2. The molecule has 0 radical (unpaired) electrons. The predicted octanol–water partition coefficient (Wildman–Crippen LogP) is 12.4. The number of hydroxylamine groups is 4. The lowest BCUT2D eigenvalue weighted by Gasteiger charge is -2.62. The van der Waals surface area contributed by atoms with E-state index in [4.69, 9.17) is 29.0 Å². The molecule has 0 aromatic heterocycles. The number of ether oxygens (including phenoxy) is 1. The lowest BCUT2D eigenvalue weighted by Crippen LogP contribution is -2.62. The van der Waals surface area contributed by atoms with Gasteiger partial charge in [-0.2, -0.15) is 10.1 Å². The number of aliphatic hydroxyl groups is 1. The normalized spacial score (nSPS) is 34.1. The number of rotatable bonds is 13. The molecule has 16 atom stereocenters. The third-order valence-corrected chi connectivity index (χ3v) is 32.1. The van der Waals surface area contributed by atoms with Crippen LogP contribution in [0.2, 0.25) is 36.3 Å². The van der Waals surface area contributed by atoms with Crippen molar-refractivity contribution in [3.05, 3.63) is 54.7 Å². The Morgan fingerprint density at radius 1 is 0.772 bits per heavy atom. The van der Waals surface area contributed by atoms with Gasteiger partial charge in [0.1, 0.15) is 41.9 Å². The number of carbonyl (C=O) groups excluding carboxylic acids is 2. The van der Waals surface area contributed by atoms with E-state index in [0.29, 0.717) is 59.9 Å². The van der Waals surface area contributed by atoms with Crippen molar-refractivity contribution in [2.24, 2.45) is 63.9 Å². The first-order valence-electron chi connectivity index (χ1n) is 28.9. The summed E-state index contributed by atoms with van der Waals surface area (Å²) in [6, 6.07) is 10.6. The third kappa shape index (κ3) is 13.7. The Morgan fingerprint density at radius 2 is 1.23 bits per heavy atom. The summed E-state index contributed by atoms with van der Waals surface area (Å²) >= 11 is 4.20. The number of hydrogen-bond donors (Lipinski definition) is 5. The summed E-state index contributed by atoms with van der Waals surface area (Å²) in [6.07, 6.45) is 3.22. The molecule has 3 heterocycles. The number of aromatic hydroxyl groups is 2. The van der Waals surface area contributed by atoms with Crippen molar-refractivity contribution in [2.75, 3.05) is 13.2 Å². The maximum absolute atomic E-state index is 14.1. The van der Waals surface area contributed by atoms with Gasteiger partial charge in [-0.3, -0.25) is 19.3 Å². The summed E-state index contributed by atoms with van der Waals surface area (Å²) < 4.78 is 19.9. The summed E-state index contributed by atoms with van der Waals surface area (Å²) in [5, 5.41) is 39.0. The molecule has 2 aromatic carbocycles. The Bertz CT molecular complexity index is 2450. The molecule has 3 unspecified atom stereocenters. The van der Waals surface area contributed by atoms with Crippen molar-refractivity contribution >= 4 is 73.7 Å². The van der Waals surface area contributed by atoms with Crippen LogP contribution < -0.4 is 11.1 Å². The van der Waals surface area contributed by atoms with Crippen LogP contribution in [0.4, 0.5) is 0 Å². The molecule has 1 amide bonds. The van der Waals surface area contributed by atoms with Crippen molar-refractivity contribution in [1.29, 1.82) is 0 Å². The molecule has 18 heteroatoms. The van der Waals surface area contributed by atoms with Gasteiger partial charge in [0, 0.05) is 29.1 Å². The number of para-hydroxylation sites is 2. The highest BCUT2D eigenvalue weighted by Gasteiger charge is 2.60. The van der Waals surface area contributed by atoms with Crippen LogP contribution in [0, 0.1) is 65.3 Å². The molecule has 79 heavy (non-hydrogen) atoms. The molecular formula is C61H102I2N4O10Si2. The van der Waals surface area contributed by atoms with Gasteiger partial charge in [-0.05, 0) is 179 Å². The van der Waals surface area contributed by atoms with Crippen molar-refractivity contribution in [2.45, 2.75) is 228 Å². The smallest absolute Gasteiger partial charge is 0.326 e. The second-order valence-corrected chi connectivity index (χ2v) is 40.6. The lowest BCUT2D eigenvalue weighted by molar-refractivity contribution is -0.195. The van der Waals surface area contributed by atoms with Crippen LogP contribution in [0.3, 0.4) is 0 Å². The molecule has 6 N–H and O–H groups in total. The summed E-state index contributed by atoms with van der Waals surface area (Å²) in [5.74, 6) is 3.72. The zero-order valence-corrected chi connectivity index (χ0v) is 56.6. The van der Waals surface area contributed by atoms with Crippen molar-refractivity contribution in [3.63, 3.8) is 0 Å². The minimum atomic E-state index is -2.08. The van der Waals surface area contributed by atoms with Crippen LogP contribution in [-0.4, -0.2) is 116 Å². The summed E-state index contributed by atoms with van der Waals surface area (Å²) in [5.41, 5.74) is 8.37. The first-order valence-corrected chi connectivity index (χ1v) is 36.9. The fourth-order valence-electron chi connectivity index (χ4n) is 13.5. The number of phenols is 2. The average molecular weight is 1360 g/mol. The maximum Gasteiger partial charge on any atom is 0.326 e. The highest BCUT2D eigenvalue weighted by atomic mass is 127. The van der Waals surface area contributed by atoms with Gasteiger partial charge < -0.3 is 40.0 Å². The van der Waals surface area contributed by atoms with Gasteiger partial charge in [0.15, 0.2) is 16.6 Å². The monoisotopic (exact) mass is 1360 g/mol. The lowest BCUT2D eigenvalue weighted by atomic mass is 9.45. The Kier molecular flexibility index (Phi) is 21.0. The predicted molar refractivity (Wildman–Crippen MR) is 336 cm³/mol. The van der Waals surface area contributed by atoms with E-state index in [2.05, 4.69) is 160 Å². The number of nitrogens with zero attached hydrogens (tertiary/aromatic N) is 2. The number of cyclic esters (lactones) is 1. The van der Waals surface area contributed by atoms with Gasteiger partial charge in [-0.15, -0.1) is 0 Å². The van der Waals surface area contributed by atoms with Gasteiger partial charge in [-0.25, -0.2) is 0 Å². The zero-order valence-electron chi connectivity index (χ0n) is 50.3. The van der Waals surface area contributed by atoms with E-state index >= 15 is 0 Å². The van der Waals surface area contributed by atoms with Crippen LogP contribution in [0.5, 0.6) is 11.5 Å². The molecule has 3 saturated heterocycles. The highest BCUT2D eigenvalue weighted by Crippen LogP contribution is 2.62. The van der Waals surface area contributed by atoms with E-state index in [1.165, 1.54) is 19.3 Å². The number of nitrogens with two attached hydrogens (primary N) is 1. The largest absolute Gasteiger partial charge is 0.507 e. The molecule has 2 aromatic rings. The van der Waals surface area contributed by atoms with Crippen LogP contribution in [0.25, 0.3) is 0 Å². The number of carbonyl (C=O) groups is 2. The second-order valence-electron chi connectivity index (χ2n) is 28.7. The van der Waals surface area contributed by atoms with E-state index in [1.807, 2.05) is 43.3 Å². The van der Waals surface area contributed by atoms with Gasteiger partial charge in [0.25, 0.3) is 0 Å². The molecule has 14 nitrogen and oxygen atoms in total. The third-order valence-electron chi connectivity index (χ3n) is 21.4. The number of phenolic OH excluding ortho intramolecular Hbond substituents is 2. The van der Waals surface area contributed by atoms with E-state index in [1.54, 1.807) is 17.1 Å². The number of aliphatic hydroxyl groups excluding tert-OH is 1. The van der Waals surface area contributed by atoms with Crippen molar-refractivity contribution < 1.29 is 48.2 Å². The molecule has 9 aliphatic rings. The first kappa shape index (κ1) is 66.7. The Hall–Kier alpha value is -1.45. The number of amides is 1. The Balaban J connectivity index is 0.000000218. The van der Waals surface area contributed by atoms with Crippen LogP contribution in [0.1, 0.15) is 141 Å². The van der Waals surface area contributed by atoms with Crippen molar-refractivity contribution in [3.8, 4) is 11.5 Å². The quantitative estimate of drug-likeness (QED) is 0.0726. The summed E-state index contributed by atoms with van der Waals surface area (Å²) in [6.45, 7) is 41.1. The molecule has 4 bridgehead atoms. The standard InChI is InChI=1S/C30H49IN2O5Si.C20H30INO5Si.C10H19N.CH4/c1-17-21-13-20(30(21,6)7)14-23(17)32-28(36)26-25(18(2)34)24(16-37-39(8,9)29(3,4)5)38-33(26)15-19-11-10-12-22(31)27(19)35;1-12-16-15(11-25-28(5,6)20(2,3)4)27-22(17(16)19(24)26-12)10-13-8-7-9-14(21)18(13)23;1-6-8-4-7(5-9(6)11)10(8,2)3;/h10-12,17-18,20-21,23-26,34-35H,13-16H2,1-9H3,(H,32,36);7-9,12,15-17,23H,10-11H2,1-6H3;6-9H,4-5,11H2,1-3H3;1H4/t17-,18-,20?,21-,23?,24-,25+,26-;12-,15-,16+,17-;6-,7?,8-,9-;/m000./s1. The SMILES string of the molecule is C.C[C@@H]1OC(=O)[C@@H]2[C@H]1[C@H](CO[Si](C)(C)C(C)(C)C)ON2Cc1cccc(I)c1O.C[C@@H]1[C@@H](N)CC2C[C@@H]1C2(C)C.C[C@H](O)[C@@H]1[C@H](CO[Si](C)(C)C(C)(C)C)ON(Cc2cccc(I)c2O)[C@@H]1C(=O)NC1CC2C[C@@H]([C@@H]1C)C2(C)C. The summed E-state index contributed by atoms with van der Waals surface area (Å²) in [7, 11) is -4.01. The molecular weight excluding hydrogens is 1260 g/mol. The van der Waals surface area contributed by atoms with E-state index in [0.717, 1.165) is 36.9 Å². The topological polar surface area (TPSA) is 186 Å². The molecule has 9 fully saturated rings. The fraction of sp³-hybridized carbons (Fsp3) is 0.770. The molecule has 6 saturated carbocycles. The number of nitrogens with one attached hydrogen (secondary N) is 1. The number of halogens is 2. The van der Waals surface area contributed by atoms with E-state index in [9.17, 15) is 24.9 Å². The highest BCUT2D eigenvalue weighted by molar-refractivity contribution is 14.1. The fourth-order valence-corrected chi connectivity index (χ4v) is 16.7. The molecule has 0 spiro atoms. The van der Waals surface area contributed by atoms with Gasteiger partial charge in [-0.1, -0.05) is 115 Å². The second kappa shape index (κ2) is 24.9.